The zero-order valence-electron chi connectivity index (χ0n) is 11.3. The predicted molar refractivity (Wildman–Crippen MR) is 74.7 cm³/mol. The first-order valence-corrected chi connectivity index (χ1v) is 7.12. The Morgan fingerprint density at radius 3 is 2.78 bits per heavy atom. The van der Waals surface area contributed by atoms with Crippen molar-refractivity contribution in [1.82, 2.24) is 9.97 Å². The minimum Gasteiger partial charge on any atom is -0.337 e. The Bertz CT molecular complexity index is 349. The lowest BCUT2D eigenvalue weighted by Crippen LogP contribution is -2.36. The highest BCUT2D eigenvalue weighted by molar-refractivity contribution is 5.33. The van der Waals surface area contributed by atoms with E-state index in [2.05, 4.69) is 21.8 Å². The number of nitrogens with zero attached hydrogens (tertiary/aromatic N) is 3. The quantitative estimate of drug-likeness (QED) is 0.784. The Kier molecular flexibility index (Phi) is 4.93. The van der Waals surface area contributed by atoms with Gasteiger partial charge in [0.2, 0.25) is 5.95 Å². The van der Waals surface area contributed by atoms with E-state index in [-0.39, 0.29) is 0 Å². The van der Waals surface area contributed by atoms with Crippen molar-refractivity contribution in [1.29, 1.82) is 0 Å². The van der Waals surface area contributed by atoms with Gasteiger partial charge in [0, 0.05) is 31.5 Å². The summed E-state index contributed by atoms with van der Waals surface area (Å²) in [6.45, 7) is 3.96. The molecule has 0 amide bonds. The molecule has 4 heteroatoms. The van der Waals surface area contributed by atoms with E-state index in [1.54, 1.807) is 0 Å². The molecular formula is C14H24N4. The van der Waals surface area contributed by atoms with E-state index in [1.807, 2.05) is 12.4 Å². The number of unbranched alkanes of at least 4 members (excludes halogenated alkanes) is 2. The molecule has 1 unspecified atom stereocenters. The highest BCUT2D eigenvalue weighted by Gasteiger charge is 2.24. The molecule has 18 heavy (non-hydrogen) atoms. The molecule has 1 aliphatic rings. The summed E-state index contributed by atoms with van der Waals surface area (Å²) in [7, 11) is 0. The second-order valence-corrected chi connectivity index (χ2v) is 5.07. The van der Waals surface area contributed by atoms with E-state index < -0.39 is 0 Å². The third-order valence-corrected chi connectivity index (χ3v) is 3.67. The van der Waals surface area contributed by atoms with Gasteiger partial charge in [-0.2, -0.15) is 0 Å². The average Bonchev–Trinajstić information content (AvgIpc) is 2.88. The summed E-state index contributed by atoms with van der Waals surface area (Å²) in [5.41, 5.74) is 7.02. The number of aromatic nitrogens is 2. The molecule has 0 aromatic carbocycles. The van der Waals surface area contributed by atoms with Crippen molar-refractivity contribution in [2.75, 3.05) is 18.0 Å². The highest BCUT2D eigenvalue weighted by Crippen LogP contribution is 2.21. The van der Waals surface area contributed by atoms with E-state index in [9.17, 15) is 0 Å². The van der Waals surface area contributed by atoms with Crippen LogP contribution in [0.25, 0.3) is 0 Å². The molecule has 0 radical (unpaired) electrons. The largest absolute Gasteiger partial charge is 0.337 e. The lowest BCUT2D eigenvalue weighted by Gasteiger charge is -2.23. The van der Waals surface area contributed by atoms with Gasteiger partial charge >= 0.3 is 0 Å². The Labute approximate surface area is 110 Å². The van der Waals surface area contributed by atoms with Crippen LogP contribution < -0.4 is 10.6 Å². The Balaban J connectivity index is 1.94. The van der Waals surface area contributed by atoms with Gasteiger partial charge in [0.05, 0.1) is 0 Å². The third kappa shape index (κ3) is 3.19. The normalized spacial score (nSPS) is 19.4. The van der Waals surface area contributed by atoms with E-state index in [1.165, 1.54) is 31.2 Å². The van der Waals surface area contributed by atoms with Crippen molar-refractivity contribution in [2.24, 2.45) is 5.73 Å². The van der Waals surface area contributed by atoms with Crippen molar-refractivity contribution in [2.45, 2.75) is 51.5 Å². The van der Waals surface area contributed by atoms with Crippen LogP contribution in [0.15, 0.2) is 12.4 Å². The average molecular weight is 248 g/mol. The van der Waals surface area contributed by atoms with Gasteiger partial charge in [-0.25, -0.2) is 9.97 Å². The number of hydrogen-bond donors (Lipinski definition) is 1. The molecule has 2 heterocycles. The smallest absolute Gasteiger partial charge is 0.225 e. The van der Waals surface area contributed by atoms with Crippen molar-refractivity contribution < 1.29 is 0 Å². The molecule has 0 spiro atoms. The first kappa shape index (κ1) is 13.3. The van der Waals surface area contributed by atoms with Crippen LogP contribution in [0.4, 0.5) is 5.95 Å². The van der Waals surface area contributed by atoms with Gasteiger partial charge in [-0.15, -0.1) is 0 Å². The first-order valence-electron chi connectivity index (χ1n) is 7.12. The second-order valence-electron chi connectivity index (χ2n) is 5.07. The van der Waals surface area contributed by atoms with Gasteiger partial charge in [-0.1, -0.05) is 19.8 Å². The van der Waals surface area contributed by atoms with Crippen LogP contribution in [-0.4, -0.2) is 29.1 Å². The molecule has 0 aliphatic carbocycles. The molecule has 2 rings (SSSR count). The van der Waals surface area contributed by atoms with Crippen molar-refractivity contribution in [3.05, 3.63) is 18.0 Å². The standard InChI is InChI=1S/C14H24N4/c1-2-3-4-6-12-10-16-14(17-11-12)18-8-5-7-13(18)9-15/h10-11,13H,2-9,15H2,1H3. The summed E-state index contributed by atoms with van der Waals surface area (Å²) in [6, 6.07) is 0.427. The summed E-state index contributed by atoms with van der Waals surface area (Å²) in [5, 5.41) is 0. The van der Waals surface area contributed by atoms with Crippen molar-refractivity contribution >= 4 is 5.95 Å². The number of rotatable bonds is 6. The van der Waals surface area contributed by atoms with E-state index in [0.717, 1.165) is 25.3 Å². The van der Waals surface area contributed by atoms with Gasteiger partial charge in [0.25, 0.3) is 0 Å². The molecule has 2 N–H and O–H groups in total. The molecule has 1 saturated heterocycles. The minimum atomic E-state index is 0.427. The van der Waals surface area contributed by atoms with Crippen LogP contribution >= 0.6 is 0 Å². The maximum atomic E-state index is 5.78. The SMILES string of the molecule is CCCCCc1cnc(N2CCCC2CN)nc1. The van der Waals surface area contributed by atoms with Crippen LogP contribution in [0.5, 0.6) is 0 Å². The van der Waals surface area contributed by atoms with Crippen LogP contribution in [0.2, 0.25) is 0 Å². The first-order chi connectivity index (χ1) is 8.85. The number of aryl methyl sites for hydroxylation is 1. The second kappa shape index (κ2) is 6.69. The molecule has 1 aromatic heterocycles. The molecule has 1 fully saturated rings. The minimum absolute atomic E-state index is 0.427. The number of hydrogen-bond acceptors (Lipinski definition) is 4. The summed E-state index contributed by atoms with van der Waals surface area (Å²) >= 11 is 0. The predicted octanol–water partition coefficient (Wildman–Crippen LogP) is 2.14. The monoisotopic (exact) mass is 248 g/mol. The fraction of sp³-hybridized carbons (Fsp3) is 0.714. The molecule has 1 atom stereocenters. The molecule has 1 aliphatic heterocycles. The van der Waals surface area contributed by atoms with Gasteiger partial charge in [-0.3, -0.25) is 0 Å². The lowest BCUT2D eigenvalue weighted by atomic mass is 10.1. The molecule has 1 aromatic rings. The maximum Gasteiger partial charge on any atom is 0.225 e. The van der Waals surface area contributed by atoms with Crippen LogP contribution in [-0.2, 0) is 6.42 Å². The Hall–Kier alpha value is -1.16. The number of nitrogens with two attached hydrogens (primary N) is 1. The van der Waals surface area contributed by atoms with Gasteiger partial charge in [0.15, 0.2) is 0 Å². The molecular weight excluding hydrogens is 224 g/mol. The van der Waals surface area contributed by atoms with Crippen molar-refractivity contribution in [3.8, 4) is 0 Å². The zero-order valence-corrected chi connectivity index (χ0v) is 11.3. The summed E-state index contributed by atoms with van der Waals surface area (Å²) in [6.07, 6.45) is 11.2. The van der Waals surface area contributed by atoms with Crippen LogP contribution in [0.1, 0.15) is 44.6 Å². The lowest BCUT2D eigenvalue weighted by molar-refractivity contribution is 0.662. The van der Waals surface area contributed by atoms with Gasteiger partial charge in [-0.05, 0) is 31.2 Å². The molecule has 4 nitrogen and oxygen atoms in total. The maximum absolute atomic E-state index is 5.78. The summed E-state index contributed by atoms with van der Waals surface area (Å²) in [5.74, 6) is 0.849. The molecule has 0 bridgehead atoms. The summed E-state index contributed by atoms with van der Waals surface area (Å²) in [4.78, 5) is 11.2. The van der Waals surface area contributed by atoms with Crippen LogP contribution in [0, 0.1) is 0 Å². The van der Waals surface area contributed by atoms with Crippen LogP contribution in [0.3, 0.4) is 0 Å². The molecule has 100 valence electrons. The van der Waals surface area contributed by atoms with E-state index in [4.69, 9.17) is 5.73 Å². The number of anilines is 1. The Morgan fingerprint density at radius 1 is 1.33 bits per heavy atom. The van der Waals surface area contributed by atoms with E-state index >= 15 is 0 Å². The Morgan fingerprint density at radius 2 is 2.11 bits per heavy atom. The van der Waals surface area contributed by atoms with E-state index in [0.29, 0.717) is 12.6 Å². The topological polar surface area (TPSA) is 55.0 Å². The highest BCUT2D eigenvalue weighted by atomic mass is 15.3. The van der Waals surface area contributed by atoms with Gasteiger partial charge < -0.3 is 10.6 Å². The fourth-order valence-electron chi connectivity index (χ4n) is 2.55. The van der Waals surface area contributed by atoms with Gasteiger partial charge in [0.1, 0.15) is 0 Å². The molecule has 0 saturated carbocycles. The third-order valence-electron chi connectivity index (χ3n) is 3.67. The van der Waals surface area contributed by atoms with Crippen molar-refractivity contribution in [3.63, 3.8) is 0 Å². The fourth-order valence-corrected chi connectivity index (χ4v) is 2.55. The summed E-state index contributed by atoms with van der Waals surface area (Å²) < 4.78 is 0. The zero-order chi connectivity index (χ0) is 12.8.